The smallest absolute Gasteiger partial charge is 0.307 e. The second kappa shape index (κ2) is 3.40. The molecule has 0 spiro atoms. The standard InChI is InChI=1S/C8H12O2/c1-7(9)10-6-8-4-2-3-5-8/h6H,2-5H2,1H3. The van der Waals surface area contributed by atoms with E-state index in [0.717, 1.165) is 12.8 Å². The van der Waals surface area contributed by atoms with Crippen molar-refractivity contribution in [3.8, 4) is 0 Å². The number of allylic oxidation sites excluding steroid dienone is 1. The van der Waals surface area contributed by atoms with Gasteiger partial charge in [0.25, 0.3) is 0 Å². The van der Waals surface area contributed by atoms with Crippen LogP contribution in [0.2, 0.25) is 0 Å². The molecule has 0 amide bonds. The fourth-order valence-corrected chi connectivity index (χ4v) is 1.11. The maximum absolute atomic E-state index is 10.3. The van der Waals surface area contributed by atoms with Crippen LogP contribution in [0.25, 0.3) is 0 Å². The topological polar surface area (TPSA) is 26.3 Å². The number of carbonyl (C=O) groups excluding carboxylic acids is 1. The Bertz CT molecular complexity index is 151. The lowest BCUT2D eigenvalue weighted by atomic mass is 10.3. The molecule has 0 bridgehead atoms. The third kappa shape index (κ3) is 2.21. The van der Waals surface area contributed by atoms with Crippen molar-refractivity contribution in [1.29, 1.82) is 0 Å². The van der Waals surface area contributed by atoms with Crippen molar-refractivity contribution in [2.75, 3.05) is 0 Å². The van der Waals surface area contributed by atoms with E-state index in [2.05, 4.69) is 0 Å². The van der Waals surface area contributed by atoms with E-state index in [0.29, 0.717) is 0 Å². The molecule has 0 atom stereocenters. The lowest BCUT2D eigenvalue weighted by molar-refractivity contribution is -0.135. The summed E-state index contributed by atoms with van der Waals surface area (Å²) in [4.78, 5) is 10.3. The molecule has 0 aliphatic heterocycles. The predicted molar refractivity (Wildman–Crippen MR) is 38.3 cm³/mol. The van der Waals surface area contributed by atoms with Crippen LogP contribution in [-0.2, 0) is 9.53 Å². The van der Waals surface area contributed by atoms with E-state index in [4.69, 9.17) is 4.74 Å². The van der Waals surface area contributed by atoms with Crippen molar-refractivity contribution in [2.24, 2.45) is 0 Å². The summed E-state index contributed by atoms with van der Waals surface area (Å²) in [5, 5.41) is 0. The Morgan fingerprint density at radius 2 is 2.10 bits per heavy atom. The summed E-state index contributed by atoms with van der Waals surface area (Å²) in [7, 11) is 0. The van der Waals surface area contributed by atoms with Crippen molar-refractivity contribution < 1.29 is 9.53 Å². The molecular formula is C8H12O2. The van der Waals surface area contributed by atoms with Crippen molar-refractivity contribution in [1.82, 2.24) is 0 Å². The molecular weight excluding hydrogens is 128 g/mol. The van der Waals surface area contributed by atoms with Crippen LogP contribution in [0.3, 0.4) is 0 Å². The molecule has 1 fully saturated rings. The first-order valence-corrected chi connectivity index (χ1v) is 3.64. The molecule has 1 rings (SSSR count). The molecule has 0 aromatic carbocycles. The second-order valence-corrected chi connectivity index (χ2v) is 2.59. The summed E-state index contributed by atoms with van der Waals surface area (Å²) in [5.41, 5.74) is 1.27. The van der Waals surface area contributed by atoms with Gasteiger partial charge in [0.15, 0.2) is 0 Å². The van der Waals surface area contributed by atoms with Gasteiger partial charge in [-0.25, -0.2) is 0 Å². The molecule has 1 aliphatic carbocycles. The number of hydrogen-bond donors (Lipinski definition) is 0. The highest BCUT2D eigenvalue weighted by Crippen LogP contribution is 2.23. The van der Waals surface area contributed by atoms with Gasteiger partial charge < -0.3 is 4.74 Å². The molecule has 1 aliphatic rings. The predicted octanol–water partition coefficient (Wildman–Crippen LogP) is 2.01. The monoisotopic (exact) mass is 140 g/mol. The molecule has 2 nitrogen and oxygen atoms in total. The minimum absolute atomic E-state index is 0.223. The van der Waals surface area contributed by atoms with E-state index >= 15 is 0 Å². The van der Waals surface area contributed by atoms with Crippen LogP contribution in [0, 0.1) is 0 Å². The lowest BCUT2D eigenvalue weighted by Crippen LogP contribution is -1.90. The highest BCUT2D eigenvalue weighted by molar-refractivity contribution is 5.66. The number of rotatable bonds is 1. The molecule has 56 valence electrons. The first-order chi connectivity index (χ1) is 4.79. The van der Waals surface area contributed by atoms with Gasteiger partial charge in [-0.3, -0.25) is 4.79 Å². The van der Waals surface area contributed by atoms with Crippen LogP contribution in [-0.4, -0.2) is 5.97 Å². The van der Waals surface area contributed by atoms with Gasteiger partial charge in [-0.1, -0.05) is 0 Å². The summed E-state index contributed by atoms with van der Waals surface area (Å²) < 4.78 is 4.72. The Morgan fingerprint density at radius 3 is 2.60 bits per heavy atom. The zero-order valence-electron chi connectivity index (χ0n) is 6.22. The molecule has 1 saturated carbocycles. The SMILES string of the molecule is CC(=O)OC=C1CCCC1. The molecule has 0 N–H and O–H groups in total. The fourth-order valence-electron chi connectivity index (χ4n) is 1.11. The van der Waals surface area contributed by atoms with Gasteiger partial charge in [0, 0.05) is 6.92 Å². The van der Waals surface area contributed by atoms with E-state index < -0.39 is 0 Å². The zero-order valence-corrected chi connectivity index (χ0v) is 6.22. The van der Waals surface area contributed by atoms with E-state index in [1.807, 2.05) is 0 Å². The number of hydrogen-bond acceptors (Lipinski definition) is 2. The van der Waals surface area contributed by atoms with Crippen molar-refractivity contribution in [3.63, 3.8) is 0 Å². The fraction of sp³-hybridized carbons (Fsp3) is 0.625. The van der Waals surface area contributed by atoms with Crippen LogP contribution in [0.4, 0.5) is 0 Å². The van der Waals surface area contributed by atoms with Gasteiger partial charge >= 0.3 is 5.97 Å². The summed E-state index contributed by atoms with van der Waals surface area (Å²) in [6.07, 6.45) is 6.30. The summed E-state index contributed by atoms with van der Waals surface area (Å²) in [5.74, 6) is -0.223. The largest absolute Gasteiger partial charge is 0.435 e. The molecule has 0 heterocycles. The average Bonchev–Trinajstić information content (AvgIpc) is 2.34. The third-order valence-corrected chi connectivity index (χ3v) is 1.64. The summed E-state index contributed by atoms with van der Waals surface area (Å²) in [6.45, 7) is 1.42. The first-order valence-electron chi connectivity index (χ1n) is 3.64. The Balaban J connectivity index is 2.31. The molecule has 0 aromatic rings. The quantitative estimate of drug-likeness (QED) is 0.411. The van der Waals surface area contributed by atoms with Gasteiger partial charge in [0.2, 0.25) is 0 Å². The maximum Gasteiger partial charge on any atom is 0.307 e. The third-order valence-electron chi connectivity index (χ3n) is 1.64. The van der Waals surface area contributed by atoms with Gasteiger partial charge in [-0.2, -0.15) is 0 Å². The Kier molecular flexibility index (Phi) is 2.49. The van der Waals surface area contributed by atoms with Crippen LogP contribution < -0.4 is 0 Å². The Labute approximate surface area is 60.9 Å². The van der Waals surface area contributed by atoms with Gasteiger partial charge in [-0.05, 0) is 31.3 Å². The van der Waals surface area contributed by atoms with Gasteiger partial charge in [-0.15, -0.1) is 0 Å². The van der Waals surface area contributed by atoms with Crippen molar-refractivity contribution in [3.05, 3.63) is 11.8 Å². The van der Waals surface area contributed by atoms with E-state index in [1.54, 1.807) is 6.26 Å². The lowest BCUT2D eigenvalue weighted by Gasteiger charge is -1.94. The highest BCUT2D eigenvalue weighted by Gasteiger charge is 2.06. The zero-order chi connectivity index (χ0) is 7.40. The summed E-state index contributed by atoms with van der Waals surface area (Å²) >= 11 is 0. The van der Waals surface area contributed by atoms with Crippen LogP contribution in [0.1, 0.15) is 32.6 Å². The number of carbonyl (C=O) groups is 1. The number of ether oxygens (including phenoxy) is 1. The minimum atomic E-state index is -0.223. The molecule has 2 heteroatoms. The van der Waals surface area contributed by atoms with Crippen molar-refractivity contribution in [2.45, 2.75) is 32.6 Å². The first kappa shape index (κ1) is 7.32. The second-order valence-electron chi connectivity index (χ2n) is 2.59. The van der Waals surface area contributed by atoms with E-state index in [-0.39, 0.29) is 5.97 Å². The van der Waals surface area contributed by atoms with E-state index in [1.165, 1.54) is 25.3 Å². The Morgan fingerprint density at radius 1 is 1.50 bits per heavy atom. The molecule has 0 radical (unpaired) electrons. The number of esters is 1. The van der Waals surface area contributed by atoms with Gasteiger partial charge in [0.1, 0.15) is 0 Å². The Hall–Kier alpha value is -0.790. The van der Waals surface area contributed by atoms with Crippen LogP contribution in [0.5, 0.6) is 0 Å². The maximum atomic E-state index is 10.3. The van der Waals surface area contributed by atoms with Crippen LogP contribution >= 0.6 is 0 Å². The molecule has 10 heavy (non-hydrogen) atoms. The normalized spacial score (nSPS) is 17.1. The summed E-state index contributed by atoms with van der Waals surface area (Å²) in [6, 6.07) is 0. The molecule has 0 saturated heterocycles. The van der Waals surface area contributed by atoms with Crippen molar-refractivity contribution >= 4 is 5.97 Å². The van der Waals surface area contributed by atoms with Crippen LogP contribution in [0.15, 0.2) is 11.8 Å². The average molecular weight is 140 g/mol. The highest BCUT2D eigenvalue weighted by atomic mass is 16.5. The van der Waals surface area contributed by atoms with E-state index in [9.17, 15) is 4.79 Å². The van der Waals surface area contributed by atoms with Gasteiger partial charge in [0.05, 0.1) is 6.26 Å². The molecule has 0 unspecified atom stereocenters. The minimum Gasteiger partial charge on any atom is -0.435 e. The molecule has 0 aromatic heterocycles.